The molecular formula is C22H23N3O2. The molecule has 1 saturated heterocycles. The smallest absolute Gasteiger partial charge is 0.414 e. The van der Waals surface area contributed by atoms with Crippen LogP contribution in [0.1, 0.15) is 37.2 Å². The van der Waals surface area contributed by atoms with Gasteiger partial charge in [-0.15, -0.1) is 0 Å². The number of ether oxygens (including phenoxy) is 1. The molecule has 5 heteroatoms. The van der Waals surface area contributed by atoms with Gasteiger partial charge >= 0.3 is 6.09 Å². The van der Waals surface area contributed by atoms with Crippen molar-refractivity contribution in [3.05, 3.63) is 60.4 Å². The Morgan fingerprint density at radius 2 is 1.85 bits per heavy atom. The van der Waals surface area contributed by atoms with E-state index in [2.05, 4.69) is 40.3 Å². The molecule has 1 saturated carbocycles. The summed E-state index contributed by atoms with van der Waals surface area (Å²) in [6.07, 6.45) is 6.04. The van der Waals surface area contributed by atoms with Gasteiger partial charge in [0.15, 0.2) is 0 Å². The van der Waals surface area contributed by atoms with Crippen molar-refractivity contribution in [1.82, 2.24) is 9.97 Å². The van der Waals surface area contributed by atoms with Gasteiger partial charge in [0.25, 0.3) is 0 Å². The van der Waals surface area contributed by atoms with Crippen LogP contribution in [0.3, 0.4) is 0 Å². The lowest BCUT2D eigenvalue weighted by atomic mass is 9.76. The molecule has 1 aliphatic heterocycles. The highest BCUT2D eigenvalue weighted by Crippen LogP contribution is 2.40. The van der Waals surface area contributed by atoms with Gasteiger partial charge in [-0.3, -0.25) is 4.90 Å². The van der Waals surface area contributed by atoms with Gasteiger partial charge in [0.05, 0.1) is 23.4 Å². The summed E-state index contributed by atoms with van der Waals surface area (Å²) in [6.45, 7) is 0.484. The van der Waals surface area contributed by atoms with Crippen LogP contribution in [0, 0.1) is 5.92 Å². The van der Waals surface area contributed by atoms with Crippen molar-refractivity contribution in [2.75, 3.05) is 11.5 Å². The van der Waals surface area contributed by atoms with Crippen molar-refractivity contribution in [2.45, 2.75) is 37.6 Å². The van der Waals surface area contributed by atoms with E-state index in [9.17, 15) is 4.79 Å². The van der Waals surface area contributed by atoms with Crippen LogP contribution in [0.15, 0.2) is 54.9 Å². The van der Waals surface area contributed by atoms with Gasteiger partial charge in [-0.25, -0.2) is 9.78 Å². The largest absolute Gasteiger partial charge is 0.447 e. The van der Waals surface area contributed by atoms with Crippen LogP contribution in [0.5, 0.6) is 0 Å². The molecule has 1 atom stereocenters. The van der Waals surface area contributed by atoms with E-state index in [1.54, 1.807) is 6.33 Å². The van der Waals surface area contributed by atoms with Gasteiger partial charge < -0.3 is 9.72 Å². The van der Waals surface area contributed by atoms with Crippen molar-refractivity contribution in [3.8, 4) is 0 Å². The highest BCUT2D eigenvalue weighted by molar-refractivity contribution is 5.93. The number of nitrogens with zero attached hydrogens (tertiary/aromatic N) is 2. The van der Waals surface area contributed by atoms with E-state index in [1.807, 2.05) is 23.1 Å². The quantitative estimate of drug-likeness (QED) is 0.724. The summed E-state index contributed by atoms with van der Waals surface area (Å²) in [4.78, 5) is 21.7. The SMILES string of the molecule is O=C1OCC(C2CCC(c3ccccc3)CC2)N1c1ccc2[nH]cnc2c1. The molecule has 5 rings (SSSR count). The summed E-state index contributed by atoms with van der Waals surface area (Å²) < 4.78 is 5.45. The maximum atomic E-state index is 12.5. The van der Waals surface area contributed by atoms with Crippen LogP contribution in [0.2, 0.25) is 0 Å². The normalized spacial score (nSPS) is 25.7. The van der Waals surface area contributed by atoms with E-state index in [1.165, 1.54) is 18.4 Å². The molecule has 3 aromatic rings. The molecule has 0 bridgehead atoms. The maximum absolute atomic E-state index is 12.5. The molecule has 27 heavy (non-hydrogen) atoms. The number of carbonyl (C=O) groups is 1. The van der Waals surface area contributed by atoms with Crippen LogP contribution < -0.4 is 4.90 Å². The minimum atomic E-state index is -0.236. The lowest BCUT2D eigenvalue weighted by molar-refractivity contribution is 0.173. The molecule has 2 fully saturated rings. The molecule has 138 valence electrons. The zero-order valence-corrected chi connectivity index (χ0v) is 15.2. The summed E-state index contributed by atoms with van der Waals surface area (Å²) in [5, 5.41) is 0. The Bertz CT molecular complexity index is 944. The lowest BCUT2D eigenvalue weighted by Gasteiger charge is -2.34. The number of cyclic esters (lactones) is 1. The summed E-state index contributed by atoms with van der Waals surface area (Å²) in [6, 6.07) is 16.8. The fourth-order valence-electron chi connectivity index (χ4n) is 4.71. The Balaban J connectivity index is 1.34. The number of hydrogen-bond donors (Lipinski definition) is 1. The van der Waals surface area contributed by atoms with Gasteiger partial charge in [0, 0.05) is 5.69 Å². The highest BCUT2D eigenvalue weighted by Gasteiger charge is 2.40. The summed E-state index contributed by atoms with van der Waals surface area (Å²) in [7, 11) is 0. The van der Waals surface area contributed by atoms with Crippen LogP contribution in [0.25, 0.3) is 11.0 Å². The van der Waals surface area contributed by atoms with Crippen molar-refractivity contribution in [1.29, 1.82) is 0 Å². The van der Waals surface area contributed by atoms with Crippen molar-refractivity contribution in [2.24, 2.45) is 5.92 Å². The monoisotopic (exact) mass is 361 g/mol. The number of benzene rings is 2. The number of anilines is 1. The van der Waals surface area contributed by atoms with Gasteiger partial charge in [-0.1, -0.05) is 30.3 Å². The minimum absolute atomic E-state index is 0.116. The molecule has 5 nitrogen and oxygen atoms in total. The minimum Gasteiger partial charge on any atom is -0.447 e. The zero-order valence-electron chi connectivity index (χ0n) is 15.2. The highest BCUT2D eigenvalue weighted by atomic mass is 16.6. The van der Waals surface area contributed by atoms with Crippen LogP contribution >= 0.6 is 0 Å². The second-order valence-corrected chi connectivity index (χ2v) is 7.64. The van der Waals surface area contributed by atoms with Crippen LogP contribution in [-0.2, 0) is 4.74 Å². The third-order valence-corrected chi connectivity index (χ3v) is 6.18. The molecule has 0 radical (unpaired) electrons. The molecule has 1 amide bonds. The van der Waals surface area contributed by atoms with Crippen molar-refractivity contribution < 1.29 is 9.53 Å². The number of aromatic amines is 1. The number of carbonyl (C=O) groups excluding carboxylic acids is 1. The molecule has 1 aliphatic carbocycles. The van der Waals surface area contributed by atoms with Gasteiger partial charge in [-0.2, -0.15) is 0 Å². The van der Waals surface area contributed by atoms with Crippen molar-refractivity contribution in [3.63, 3.8) is 0 Å². The standard InChI is InChI=1S/C22H23N3O2/c26-22-25(18-10-11-19-20(12-18)24-14-23-19)21(13-27-22)17-8-6-16(7-9-17)15-4-2-1-3-5-15/h1-5,10-12,14,16-17,21H,6-9,13H2,(H,23,24). The zero-order chi connectivity index (χ0) is 18.2. The Labute approximate surface area is 158 Å². The lowest BCUT2D eigenvalue weighted by Crippen LogP contribution is -2.40. The molecule has 0 spiro atoms. The number of H-pyrrole nitrogens is 1. The third-order valence-electron chi connectivity index (χ3n) is 6.18. The molecule has 2 heterocycles. The van der Waals surface area contributed by atoms with E-state index < -0.39 is 0 Å². The Morgan fingerprint density at radius 1 is 1.04 bits per heavy atom. The number of hydrogen-bond acceptors (Lipinski definition) is 3. The van der Waals surface area contributed by atoms with Crippen LogP contribution in [-0.4, -0.2) is 28.7 Å². The first-order chi connectivity index (χ1) is 13.3. The average molecular weight is 361 g/mol. The molecule has 1 aromatic heterocycles. The molecule has 2 aliphatic rings. The number of fused-ring (bicyclic) bond motifs is 1. The Kier molecular flexibility index (Phi) is 4.07. The van der Waals surface area contributed by atoms with Crippen molar-refractivity contribution >= 4 is 22.8 Å². The van der Waals surface area contributed by atoms with E-state index >= 15 is 0 Å². The number of aromatic nitrogens is 2. The average Bonchev–Trinajstić information content (AvgIpc) is 3.34. The molecule has 2 aromatic carbocycles. The predicted molar refractivity (Wildman–Crippen MR) is 105 cm³/mol. The van der Waals surface area contributed by atoms with E-state index in [0.29, 0.717) is 18.4 Å². The number of rotatable bonds is 3. The second-order valence-electron chi connectivity index (χ2n) is 7.64. The van der Waals surface area contributed by atoms with Gasteiger partial charge in [0.1, 0.15) is 6.61 Å². The fourth-order valence-corrected chi connectivity index (χ4v) is 4.71. The number of amides is 1. The fraction of sp³-hybridized carbons (Fsp3) is 0.364. The number of imidazole rings is 1. The molecule has 1 unspecified atom stereocenters. The summed E-state index contributed by atoms with van der Waals surface area (Å²) >= 11 is 0. The third kappa shape index (κ3) is 2.97. The molecule has 1 N–H and O–H groups in total. The maximum Gasteiger partial charge on any atom is 0.414 e. The Morgan fingerprint density at radius 3 is 2.67 bits per heavy atom. The topological polar surface area (TPSA) is 58.2 Å². The van der Waals surface area contributed by atoms with E-state index in [-0.39, 0.29) is 12.1 Å². The van der Waals surface area contributed by atoms with Gasteiger partial charge in [0.2, 0.25) is 0 Å². The van der Waals surface area contributed by atoms with E-state index in [0.717, 1.165) is 29.6 Å². The Hall–Kier alpha value is -2.82. The first-order valence-corrected chi connectivity index (χ1v) is 9.73. The summed E-state index contributed by atoms with van der Waals surface area (Å²) in [5.74, 6) is 1.11. The first-order valence-electron chi connectivity index (χ1n) is 9.73. The second kappa shape index (κ2) is 6.72. The summed E-state index contributed by atoms with van der Waals surface area (Å²) in [5.41, 5.74) is 4.17. The van der Waals surface area contributed by atoms with Crippen LogP contribution in [0.4, 0.5) is 10.5 Å². The predicted octanol–water partition coefficient (Wildman–Crippen LogP) is 4.86. The first kappa shape index (κ1) is 16.4. The number of nitrogens with one attached hydrogen (secondary N) is 1. The van der Waals surface area contributed by atoms with E-state index in [4.69, 9.17) is 4.74 Å². The molecular weight excluding hydrogens is 338 g/mol. The van der Waals surface area contributed by atoms with Gasteiger partial charge in [-0.05, 0) is 61.3 Å².